The maximum atomic E-state index is 12.6. The summed E-state index contributed by atoms with van der Waals surface area (Å²) in [6.45, 7) is 1.00. The molecule has 0 unspecified atom stereocenters. The number of aryl methyl sites for hydroxylation is 2. The van der Waals surface area contributed by atoms with Crippen molar-refractivity contribution < 1.29 is 19.1 Å². The highest BCUT2D eigenvalue weighted by Gasteiger charge is 2.28. The molecule has 2 aromatic heterocycles. The van der Waals surface area contributed by atoms with Crippen LogP contribution < -0.4 is 19.7 Å². The lowest BCUT2D eigenvalue weighted by Crippen LogP contribution is -2.44. The van der Waals surface area contributed by atoms with E-state index in [-0.39, 0.29) is 25.2 Å². The second-order valence-corrected chi connectivity index (χ2v) is 7.31. The lowest BCUT2D eigenvalue weighted by molar-refractivity contribution is -0.124. The molecule has 5 rings (SSSR count). The molecule has 2 aliphatic heterocycles. The zero-order chi connectivity index (χ0) is 20.7. The second-order valence-electron chi connectivity index (χ2n) is 7.31. The average molecular weight is 407 g/mol. The number of nitrogens with zero attached hydrogens (tertiary/aromatic N) is 4. The topological polar surface area (TPSA) is 90.6 Å². The Kier molecular flexibility index (Phi) is 4.42. The Hall–Kier alpha value is -3.75. The van der Waals surface area contributed by atoms with Crippen molar-refractivity contribution in [3.8, 4) is 22.9 Å². The zero-order valence-corrected chi connectivity index (χ0v) is 16.5. The van der Waals surface area contributed by atoms with Crippen molar-refractivity contribution in [2.24, 2.45) is 7.05 Å². The van der Waals surface area contributed by atoms with E-state index in [1.807, 2.05) is 54.2 Å². The Labute approximate surface area is 172 Å². The van der Waals surface area contributed by atoms with Gasteiger partial charge in [0, 0.05) is 32.3 Å². The van der Waals surface area contributed by atoms with Gasteiger partial charge in [0.15, 0.2) is 11.5 Å². The van der Waals surface area contributed by atoms with Crippen LogP contribution in [-0.2, 0) is 29.7 Å². The molecule has 0 bridgehead atoms. The second kappa shape index (κ2) is 7.25. The standard InChI is InChI=1S/C21H21N5O4/c1-24-7-2-3-16(24)15-10-20-25(21(28)6-8-26(20)23-15)12-19(27)22-11-14-4-5-17-18(9-14)30-13-29-17/h2-5,7,9-10H,6,8,11-13H2,1H3,(H,22,27). The van der Waals surface area contributed by atoms with Crippen LogP contribution in [0, 0.1) is 0 Å². The SMILES string of the molecule is Cn1cccc1-c1cc2n(n1)CCC(=O)N2CC(=O)NCc1ccc2c(c1)OCO2. The van der Waals surface area contributed by atoms with Gasteiger partial charge in [-0.15, -0.1) is 0 Å². The molecule has 0 atom stereocenters. The Balaban J connectivity index is 1.29. The van der Waals surface area contributed by atoms with Crippen molar-refractivity contribution in [2.75, 3.05) is 18.2 Å². The Morgan fingerprint density at radius 2 is 2.07 bits per heavy atom. The molecule has 3 aromatic rings. The van der Waals surface area contributed by atoms with Gasteiger partial charge in [0.05, 0.1) is 12.2 Å². The fraction of sp³-hybridized carbons (Fsp3) is 0.286. The van der Waals surface area contributed by atoms with Crippen molar-refractivity contribution in [3.05, 3.63) is 48.2 Å². The van der Waals surface area contributed by atoms with Crippen molar-refractivity contribution in [2.45, 2.75) is 19.5 Å². The number of rotatable bonds is 5. The van der Waals surface area contributed by atoms with Crippen molar-refractivity contribution in [3.63, 3.8) is 0 Å². The first-order valence-corrected chi connectivity index (χ1v) is 9.73. The number of ether oxygens (including phenoxy) is 2. The normalized spacial score (nSPS) is 14.7. The first-order valence-electron chi connectivity index (χ1n) is 9.73. The van der Waals surface area contributed by atoms with Gasteiger partial charge in [0.1, 0.15) is 18.1 Å². The van der Waals surface area contributed by atoms with Gasteiger partial charge in [-0.25, -0.2) is 4.68 Å². The summed E-state index contributed by atoms with van der Waals surface area (Å²) in [5.41, 5.74) is 2.63. The molecule has 1 aromatic carbocycles. The zero-order valence-electron chi connectivity index (χ0n) is 16.5. The summed E-state index contributed by atoms with van der Waals surface area (Å²) >= 11 is 0. The van der Waals surface area contributed by atoms with Gasteiger partial charge in [-0.05, 0) is 29.8 Å². The van der Waals surface area contributed by atoms with Crippen molar-refractivity contribution >= 4 is 17.6 Å². The van der Waals surface area contributed by atoms with Gasteiger partial charge in [-0.3, -0.25) is 14.5 Å². The molecule has 0 saturated carbocycles. The summed E-state index contributed by atoms with van der Waals surface area (Å²) in [5.74, 6) is 1.69. The van der Waals surface area contributed by atoms with Crippen LogP contribution in [0.4, 0.5) is 5.82 Å². The van der Waals surface area contributed by atoms with E-state index >= 15 is 0 Å². The van der Waals surface area contributed by atoms with E-state index in [0.29, 0.717) is 36.8 Å². The molecule has 0 spiro atoms. The number of aromatic nitrogens is 3. The van der Waals surface area contributed by atoms with E-state index in [1.54, 1.807) is 4.68 Å². The number of carbonyl (C=O) groups is 2. The molecular formula is C21H21N5O4. The van der Waals surface area contributed by atoms with Gasteiger partial charge in [-0.1, -0.05) is 6.07 Å². The molecule has 30 heavy (non-hydrogen) atoms. The van der Waals surface area contributed by atoms with E-state index in [4.69, 9.17) is 9.47 Å². The number of benzene rings is 1. The van der Waals surface area contributed by atoms with Crippen LogP contribution in [-0.4, -0.2) is 39.5 Å². The molecule has 154 valence electrons. The number of nitrogens with one attached hydrogen (secondary N) is 1. The molecule has 0 radical (unpaired) electrons. The number of hydrogen-bond acceptors (Lipinski definition) is 5. The monoisotopic (exact) mass is 407 g/mol. The molecule has 1 N–H and O–H groups in total. The maximum absolute atomic E-state index is 12.6. The lowest BCUT2D eigenvalue weighted by atomic mass is 10.2. The minimum absolute atomic E-state index is 0.0539. The lowest BCUT2D eigenvalue weighted by Gasteiger charge is -2.26. The summed E-state index contributed by atoms with van der Waals surface area (Å²) in [4.78, 5) is 26.6. The molecule has 9 nitrogen and oxygen atoms in total. The molecule has 4 heterocycles. The largest absolute Gasteiger partial charge is 0.454 e. The Morgan fingerprint density at radius 1 is 1.20 bits per heavy atom. The highest BCUT2D eigenvalue weighted by atomic mass is 16.7. The molecule has 0 fully saturated rings. The quantitative estimate of drug-likeness (QED) is 0.695. The highest BCUT2D eigenvalue weighted by Crippen LogP contribution is 2.32. The summed E-state index contributed by atoms with van der Waals surface area (Å²) in [6.07, 6.45) is 2.26. The maximum Gasteiger partial charge on any atom is 0.240 e. The fourth-order valence-corrected chi connectivity index (χ4v) is 3.73. The first-order chi connectivity index (χ1) is 14.6. The number of amides is 2. The number of hydrogen-bond donors (Lipinski definition) is 1. The van der Waals surface area contributed by atoms with Crippen LogP contribution >= 0.6 is 0 Å². The molecule has 0 aliphatic carbocycles. The summed E-state index contributed by atoms with van der Waals surface area (Å²) in [7, 11) is 1.94. The van der Waals surface area contributed by atoms with Crippen molar-refractivity contribution in [1.29, 1.82) is 0 Å². The third-order valence-electron chi connectivity index (χ3n) is 5.31. The predicted molar refractivity (Wildman–Crippen MR) is 108 cm³/mol. The van der Waals surface area contributed by atoms with Crippen LogP contribution in [0.5, 0.6) is 11.5 Å². The average Bonchev–Trinajstić information content (AvgIpc) is 3.47. The van der Waals surface area contributed by atoms with E-state index in [2.05, 4.69) is 10.4 Å². The molecular weight excluding hydrogens is 386 g/mol. The Morgan fingerprint density at radius 3 is 2.90 bits per heavy atom. The first kappa shape index (κ1) is 18.3. The Bertz CT molecular complexity index is 1130. The van der Waals surface area contributed by atoms with Gasteiger partial charge in [0.2, 0.25) is 18.6 Å². The van der Waals surface area contributed by atoms with Gasteiger partial charge in [-0.2, -0.15) is 5.10 Å². The fourth-order valence-electron chi connectivity index (χ4n) is 3.73. The van der Waals surface area contributed by atoms with Crippen LogP contribution in [0.2, 0.25) is 0 Å². The van der Waals surface area contributed by atoms with E-state index in [1.165, 1.54) is 4.90 Å². The van der Waals surface area contributed by atoms with E-state index in [9.17, 15) is 9.59 Å². The number of fused-ring (bicyclic) bond motifs is 2. The third kappa shape index (κ3) is 3.28. The molecule has 9 heteroatoms. The summed E-state index contributed by atoms with van der Waals surface area (Å²) in [5, 5.41) is 7.49. The summed E-state index contributed by atoms with van der Waals surface area (Å²) in [6, 6.07) is 11.3. The number of carbonyl (C=O) groups excluding carboxylic acids is 2. The van der Waals surface area contributed by atoms with Crippen LogP contribution in [0.25, 0.3) is 11.4 Å². The van der Waals surface area contributed by atoms with Gasteiger partial charge >= 0.3 is 0 Å². The van der Waals surface area contributed by atoms with Crippen LogP contribution in [0.3, 0.4) is 0 Å². The predicted octanol–water partition coefficient (Wildman–Crippen LogP) is 1.67. The van der Waals surface area contributed by atoms with Crippen LogP contribution in [0.1, 0.15) is 12.0 Å². The van der Waals surface area contributed by atoms with Gasteiger partial charge < -0.3 is 19.4 Å². The van der Waals surface area contributed by atoms with E-state index in [0.717, 1.165) is 17.0 Å². The highest BCUT2D eigenvalue weighted by molar-refractivity contribution is 5.99. The molecule has 2 aliphatic rings. The van der Waals surface area contributed by atoms with Gasteiger partial charge in [0.25, 0.3) is 0 Å². The smallest absolute Gasteiger partial charge is 0.240 e. The summed E-state index contributed by atoms with van der Waals surface area (Å²) < 4.78 is 14.4. The van der Waals surface area contributed by atoms with E-state index < -0.39 is 0 Å². The molecule has 2 amide bonds. The van der Waals surface area contributed by atoms with Crippen LogP contribution in [0.15, 0.2) is 42.6 Å². The minimum Gasteiger partial charge on any atom is -0.454 e. The minimum atomic E-state index is -0.240. The molecule has 0 saturated heterocycles. The van der Waals surface area contributed by atoms with Crippen molar-refractivity contribution in [1.82, 2.24) is 19.7 Å². The number of anilines is 1. The third-order valence-corrected chi connectivity index (χ3v) is 5.31.